The molecular weight excluding hydrogens is 356 g/mol. The molecule has 0 radical (unpaired) electrons. The number of benzene rings is 2. The van der Waals surface area contributed by atoms with Gasteiger partial charge in [-0.1, -0.05) is 12.1 Å². The largest absolute Gasteiger partial charge is 0.508 e. The van der Waals surface area contributed by atoms with Gasteiger partial charge in [0.25, 0.3) is 5.91 Å². The van der Waals surface area contributed by atoms with E-state index < -0.39 is 0 Å². The molecule has 0 atom stereocenters. The van der Waals surface area contributed by atoms with Gasteiger partial charge in [-0.15, -0.1) is 0 Å². The first-order valence-electron chi connectivity index (χ1n) is 8.50. The maximum absolute atomic E-state index is 12.5. The second-order valence-corrected chi connectivity index (χ2v) is 6.04. The van der Waals surface area contributed by atoms with Crippen LogP contribution in [-0.4, -0.2) is 30.9 Å². The van der Waals surface area contributed by atoms with Crippen molar-refractivity contribution in [2.75, 3.05) is 5.32 Å². The Morgan fingerprint density at radius 1 is 0.929 bits per heavy atom. The van der Waals surface area contributed by atoms with Gasteiger partial charge in [-0.3, -0.25) is 9.78 Å². The van der Waals surface area contributed by atoms with Crippen LogP contribution in [0.2, 0.25) is 0 Å². The molecule has 2 aromatic carbocycles. The molecular formula is C21H16N4O3. The van der Waals surface area contributed by atoms with Crippen LogP contribution in [0.1, 0.15) is 10.4 Å². The van der Waals surface area contributed by atoms with Crippen molar-refractivity contribution in [2.24, 2.45) is 0 Å². The van der Waals surface area contributed by atoms with Crippen LogP contribution in [0.3, 0.4) is 0 Å². The number of anilines is 1. The predicted molar refractivity (Wildman–Crippen MR) is 105 cm³/mol. The Hall–Kier alpha value is -4.13. The number of hydrogen-bond acceptors (Lipinski definition) is 5. The first kappa shape index (κ1) is 17.3. The predicted octanol–water partition coefficient (Wildman–Crippen LogP) is 3.60. The molecule has 0 saturated heterocycles. The second-order valence-electron chi connectivity index (χ2n) is 6.04. The van der Waals surface area contributed by atoms with E-state index in [1.54, 1.807) is 53.6 Å². The number of pyridine rings is 1. The van der Waals surface area contributed by atoms with Gasteiger partial charge in [0.15, 0.2) is 0 Å². The minimum absolute atomic E-state index is 0.0303. The van der Waals surface area contributed by atoms with E-state index in [1.807, 2.05) is 18.2 Å². The summed E-state index contributed by atoms with van der Waals surface area (Å²) >= 11 is 0. The van der Waals surface area contributed by atoms with Crippen molar-refractivity contribution in [1.82, 2.24) is 14.8 Å². The van der Waals surface area contributed by atoms with Gasteiger partial charge in [-0.2, -0.15) is 5.10 Å². The molecule has 0 unspecified atom stereocenters. The Kier molecular flexibility index (Phi) is 4.47. The molecule has 3 N–H and O–H groups in total. The molecule has 0 fully saturated rings. The average Bonchev–Trinajstić information content (AvgIpc) is 3.18. The lowest BCUT2D eigenvalue weighted by molar-refractivity contribution is 0.102. The number of phenols is 2. The number of para-hydroxylation sites is 2. The third-order valence-electron chi connectivity index (χ3n) is 4.22. The SMILES string of the molecule is O=C(Nc1ccccc1-n1nccc1-c1ccc(O)cc1O)c1ccncc1. The number of phenolic OH excluding ortho intramolecular Hbond substituents is 2. The number of rotatable bonds is 4. The summed E-state index contributed by atoms with van der Waals surface area (Å²) in [5.74, 6) is -0.367. The quantitative estimate of drug-likeness (QED) is 0.508. The van der Waals surface area contributed by atoms with E-state index in [0.717, 1.165) is 0 Å². The molecule has 7 heteroatoms. The highest BCUT2D eigenvalue weighted by Crippen LogP contribution is 2.34. The molecule has 1 amide bonds. The zero-order valence-electron chi connectivity index (χ0n) is 14.6. The summed E-state index contributed by atoms with van der Waals surface area (Å²) < 4.78 is 1.62. The topological polar surface area (TPSA) is 100 Å². The highest BCUT2D eigenvalue weighted by molar-refractivity contribution is 6.05. The van der Waals surface area contributed by atoms with E-state index >= 15 is 0 Å². The van der Waals surface area contributed by atoms with E-state index in [4.69, 9.17) is 0 Å². The number of carbonyl (C=O) groups excluding carboxylic acids is 1. The van der Waals surface area contributed by atoms with Crippen LogP contribution in [-0.2, 0) is 0 Å². The minimum Gasteiger partial charge on any atom is -0.508 e. The van der Waals surface area contributed by atoms with Gasteiger partial charge in [0.2, 0.25) is 0 Å². The number of aromatic hydroxyl groups is 2. The lowest BCUT2D eigenvalue weighted by Gasteiger charge is -2.14. The number of amides is 1. The maximum Gasteiger partial charge on any atom is 0.255 e. The normalized spacial score (nSPS) is 10.6. The molecule has 7 nitrogen and oxygen atoms in total. The van der Waals surface area contributed by atoms with Gasteiger partial charge in [0.1, 0.15) is 11.5 Å². The molecule has 0 saturated carbocycles. The zero-order chi connectivity index (χ0) is 19.5. The van der Waals surface area contributed by atoms with Crippen molar-refractivity contribution >= 4 is 11.6 Å². The van der Waals surface area contributed by atoms with E-state index in [2.05, 4.69) is 15.4 Å². The first-order chi connectivity index (χ1) is 13.6. The number of nitrogens with one attached hydrogen (secondary N) is 1. The third-order valence-corrected chi connectivity index (χ3v) is 4.22. The van der Waals surface area contributed by atoms with Crippen molar-refractivity contribution in [3.8, 4) is 28.4 Å². The van der Waals surface area contributed by atoms with Gasteiger partial charge in [-0.25, -0.2) is 4.68 Å². The summed E-state index contributed by atoms with van der Waals surface area (Å²) in [7, 11) is 0. The molecule has 0 aliphatic heterocycles. The summed E-state index contributed by atoms with van der Waals surface area (Å²) in [6.07, 6.45) is 4.71. The lowest BCUT2D eigenvalue weighted by Crippen LogP contribution is -2.14. The van der Waals surface area contributed by atoms with Gasteiger partial charge in [-0.05, 0) is 42.5 Å². The van der Waals surface area contributed by atoms with Crippen molar-refractivity contribution in [1.29, 1.82) is 0 Å². The molecule has 0 bridgehead atoms. The molecule has 4 rings (SSSR count). The number of carbonyl (C=O) groups is 1. The van der Waals surface area contributed by atoms with E-state index in [0.29, 0.717) is 28.2 Å². The van der Waals surface area contributed by atoms with Gasteiger partial charge < -0.3 is 15.5 Å². The van der Waals surface area contributed by atoms with Crippen LogP contribution in [0.5, 0.6) is 11.5 Å². The monoisotopic (exact) mass is 372 g/mol. The molecule has 2 heterocycles. The fraction of sp³-hybridized carbons (Fsp3) is 0. The smallest absolute Gasteiger partial charge is 0.255 e. The Morgan fingerprint density at radius 2 is 1.71 bits per heavy atom. The lowest BCUT2D eigenvalue weighted by atomic mass is 10.1. The Bertz CT molecular complexity index is 1140. The second kappa shape index (κ2) is 7.24. The molecule has 0 aliphatic rings. The number of aromatic nitrogens is 3. The molecule has 4 aromatic rings. The summed E-state index contributed by atoms with van der Waals surface area (Å²) in [4.78, 5) is 16.5. The third kappa shape index (κ3) is 3.28. The highest BCUT2D eigenvalue weighted by Gasteiger charge is 2.16. The maximum atomic E-state index is 12.5. The van der Waals surface area contributed by atoms with Gasteiger partial charge in [0.05, 0.1) is 23.3 Å². The van der Waals surface area contributed by atoms with Crippen LogP contribution in [0.25, 0.3) is 16.9 Å². The summed E-state index contributed by atoms with van der Waals surface area (Å²) in [6, 6.07) is 16.6. The van der Waals surface area contributed by atoms with Crippen molar-refractivity contribution in [2.45, 2.75) is 0 Å². The van der Waals surface area contributed by atoms with Crippen LogP contribution in [0.15, 0.2) is 79.3 Å². The van der Waals surface area contributed by atoms with E-state index in [-0.39, 0.29) is 17.4 Å². The van der Waals surface area contributed by atoms with Gasteiger partial charge >= 0.3 is 0 Å². The summed E-state index contributed by atoms with van der Waals surface area (Å²) in [6.45, 7) is 0. The van der Waals surface area contributed by atoms with Crippen molar-refractivity contribution in [3.05, 3.63) is 84.8 Å². The fourth-order valence-electron chi connectivity index (χ4n) is 2.90. The van der Waals surface area contributed by atoms with E-state index in [9.17, 15) is 15.0 Å². The average molecular weight is 372 g/mol. The minimum atomic E-state index is -0.268. The molecule has 138 valence electrons. The van der Waals surface area contributed by atoms with Crippen LogP contribution in [0, 0.1) is 0 Å². The summed E-state index contributed by atoms with van der Waals surface area (Å²) in [5.41, 5.74) is 2.81. The van der Waals surface area contributed by atoms with Gasteiger partial charge in [0, 0.05) is 29.6 Å². The Balaban J connectivity index is 1.74. The van der Waals surface area contributed by atoms with E-state index in [1.165, 1.54) is 12.1 Å². The van der Waals surface area contributed by atoms with Crippen molar-refractivity contribution < 1.29 is 15.0 Å². The molecule has 0 spiro atoms. The number of nitrogens with zero attached hydrogens (tertiary/aromatic N) is 3. The summed E-state index contributed by atoms with van der Waals surface area (Å²) in [5, 5.41) is 27.0. The highest BCUT2D eigenvalue weighted by atomic mass is 16.3. The van der Waals surface area contributed by atoms with Crippen molar-refractivity contribution in [3.63, 3.8) is 0 Å². The zero-order valence-corrected chi connectivity index (χ0v) is 14.6. The van der Waals surface area contributed by atoms with Crippen LogP contribution < -0.4 is 5.32 Å². The molecule has 28 heavy (non-hydrogen) atoms. The van der Waals surface area contributed by atoms with Crippen LogP contribution >= 0.6 is 0 Å². The Morgan fingerprint density at radius 3 is 2.50 bits per heavy atom. The van der Waals surface area contributed by atoms with Crippen LogP contribution in [0.4, 0.5) is 5.69 Å². The fourth-order valence-corrected chi connectivity index (χ4v) is 2.90. The Labute approximate surface area is 160 Å². The molecule has 0 aliphatic carbocycles. The number of hydrogen-bond donors (Lipinski definition) is 3. The standard InChI is InChI=1S/C21H16N4O3/c26-15-5-6-16(20(27)13-15)18-9-12-23-25(18)19-4-2-1-3-17(19)24-21(28)14-7-10-22-11-8-14/h1-13,26-27H,(H,24,28). The first-order valence-corrected chi connectivity index (χ1v) is 8.50. The molecule has 2 aromatic heterocycles.